The number of carbonyl (C=O) groups is 1. The Morgan fingerprint density at radius 1 is 1.19 bits per heavy atom. The Bertz CT molecular complexity index is 574. The van der Waals surface area contributed by atoms with E-state index in [4.69, 9.17) is 14.7 Å². The third kappa shape index (κ3) is 4.84. The molecule has 0 amide bonds. The summed E-state index contributed by atoms with van der Waals surface area (Å²) in [7, 11) is 0. The van der Waals surface area contributed by atoms with Crippen molar-refractivity contribution in [2.75, 3.05) is 13.2 Å². The molecule has 2 fully saturated rings. The van der Waals surface area contributed by atoms with E-state index in [1.807, 2.05) is 12.1 Å². The smallest absolute Gasteiger partial charge is 0.335 e. The predicted octanol–water partition coefficient (Wildman–Crippen LogP) is 3.82. The van der Waals surface area contributed by atoms with Crippen LogP contribution in [0.1, 0.15) is 61.4 Å². The van der Waals surface area contributed by atoms with Crippen molar-refractivity contribution in [2.45, 2.75) is 64.1 Å². The molecule has 144 valence electrons. The number of unbranched alkanes of at least 4 members (excludes halogenated alkanes) is 2. The van der Waals surface area contributed by atoms with Gasteiger partial charge in [-0.3, -0.25) is 0 Å². The molecule has 3 rings (SSSR count). The van der Waals surface area contributed by atoms with Gasteiger partial charge in [-0.1, -0.05) is 31.9 Å². The number of benzene rings is 1. The van der Waals surface area contributed by atoms with Gasteiger partial charge >= 0.3 is 5.97 Å². The number of fused-ring (bicyclic) bond motifs is 2. The Hall–Kier alpha value is -1.43. The van der Waals surface area contributed by atoms with E-state index < -0.39 is 5.97 Å². The summed E-state index contributed by atoms with van der Waals surface area (Å²) in [4.78, 5) is 16.5. The molecule has 26 heavy (non-hydrogen) atoms. The van der Waals surface area contributed by atoms with Crippen molar-refractivity contribution in [1.29, 1.82) is 0 Å². The average Bonchev–Trinajstić information content (AvgIpc) is 3.25. The minimum absolute atomic E-state index is 0.347. The number of carboxylic acid groups (broad SMARTS) is 1. The van der Waals surface area contributed by atoms with Gasteiger partial charge in [0.1, 0.15) is 0 Å². The van der Waals surface area contributed by atoms with Crippen LogP contribution in [0, 0.1) is 11.8 Å². The standard InChI is InChI=1S/C21H31NO4/c1-2-3-4-13-25-22-14-18-17(19-11-12-20(18)26-19)10-7-15-5-8-16(9-6-15)21(23)24/h5-6,8-9,17-20,22H,2-4,7,10-14H2,1H3,(H,23,24)/t17-,18+,19-,20+/m0/s1. The zero-order chi connectivity index (χ0) is 18.4. The third-order valence-corrected chi connectivity index (χ3v) is 5.83. The molecule has 0 radical (unpaired) electrons. The van der Waals surface area contributed by atoms with Gasteiger partial charge in [-0.05, 0) is 55.7 Å². The zero-order valence-electron chi connectivity index (χ0n) is 15.7. The van der Waals surface area contributed by atoms with Crippen LogP contribution in [0.15, 0.2) is 24.3 Å². The maximum Gasteiger partial charge on any atom is 0.335 e. The number of hydroxylamine groups is 1. The van der Waals surface area contributed by atoms with Crippen molar-refractivity contribution in [3.05, 3.63) is 35.4 Å². The lowest BCUT2D eigenvalue weighted by Crippen LogP contribution is -2.36. The molecule has 0 saturated carbocycles. The molecule has 2 heterocycles. The first-order valence-electron chi connectivity index (χ1n) is 10.0. The molecular formula is C21H31NO4. The molecule has 2 aliphatic rings. The van der Waals surface area contributed by atoms with E-state index in [1.165, 1.54) is 24.8 Å². The van der Waals surface area contributed by atoms with E-state index in [0.29, 0.717) is 29.6 Å². The Kier molecular flexibility index (Phi) is 7.06. The Morgan fingerprint density at radius 2 is 1.92 bits per heavy atom. The molecule has 0 unspecified atom stereocenters. The summed E-state index contributed by atoms with van der Waals surface area (Å²) in [6, 6.07) is 7.25. The second kappa shape index (κ2) is 9.49. The summed E-state index contributed by atoms with van der Waals surface area (Å²) in [6.45, 7) is 3.83. The molecule has 0 spiro atoms. The molecule has 5 nitrogen and oxygen atoms in total. The topological polar surface area (TPSA) is 67.8 Å². The SMILES string of the molecule is CCCCCONC[C@@H]1[C@H](CCc2ccc(C(=O)O)cc2)[C@@H]2CC[C@H]1O2. The second-order valence-electron chi connectivity index (χ2n) is 7.56. The van der Waals surface area contributed by atoms with Crippen LogP contribution in [0.2, 0.25) is 0 Å². The first-order chi connectivity index (χ1) is 12.7. The first kappa shape index (κ1) is 19.3. The minimum Gasteiger partial charge on any atom is -0.478 e. The van der Waals surface area contributed by atoms with Gasteiger partial charge in [0, 0.05) is 12.5 Å². The van der Waals surface area contributed by atoms with Crippen molar-refractivity contribution in [3.63, 3.8) is 0 Å². The van der Waals surface area contributed by atoms with Gasteiger partial charge < -0.3 is 14.7 Å². The second-order valence-corrected chi connectivity index (χ2v) is 7.56. The molecule has 5 heteroatoms. The highest BCUT2D eigenvalue weighted by atomic mass is 16.6. The van der Waals surface area contributed by atoms with Gasteiger partial charge in [-0.2, -0.15) is 0 Å². The fourth-order valence-electron chi connectivity index (χ4n) is 4.35. The van der Waals surface area contributed by atoms with Crippen molar-refractivity contribution in [2.24, 2.45) is 11.8 Å². The molecule has 1 aromatic carbocycles. The summed E-state index contributed by atoms with van der Waals surface area (Å²) in [5, 5.41) is 9.00. The number of rotatable bonds is 11. The molecular weight excluding hydrogens is 330 g/mol. The van der Waals surface area contributed by atoms with E-state index in [0.717, 1.165) is 38.8 Å². The Balaban J connectivity index is 1.46. The van der Waals surface area contributed by atoms with Crippen molar-refractivity contribution in [3.8, 4) is 0 Å². The van der Waals surface area contributed by atoms with Gasteiger partial charge in [-0.15, -0.1) is 0 Å². The summed E-state index contributed by atoms with van der Waals surface area (Å²) < 4.78 is 6.16. The molecule has 4 atom stereocenters. The summed E-state index contributed by atoms with van der Waals surface area (Å²) >= 11 is 0. The fourth-order valence-corrected chi connectivity index (χ4v) is 4.35. The van der Waals surface area contributed by atoms with Crippen LogP contribution in [0.5, 0.6) is 0 Å². The van der Waals surface area contributed by atoms with Crippen LogP contribution in [0.3, 0.4) is 0 Å². The first-order valence-corrected chi connectivity index (χ1v) is 10.0. The zero-order valence-corrected chi connectivity index (χ0v) is 15.7. The number of carboxylic acids is 1. The summed E-state index contributed by atoms with van der Waals surface area (Å²) in [5.74, 6) is 0.195. The average molecular weight is 361 g/mol. The quantitative estimate of drug-likeness (QED) is 0.463. The van der Waals surface area contributed by atoms with Gasteiger partial charge in [0.05, 0.1) is 24.4 Å². The number of aryl methyl sites for hydroxylation is 1. The van der Waals surface area contributed by atoms with E-state index in [1.54, 1.807) is 12.1 Å². The van der Waals surface area contributed by atoms with Crippen LogP contribution in [0.25, 0.3) is 0 Å². The van der Waals surface area contributed by atoms with Crippen molar-refractivity contribution >= 4 is 5.97 Å². The highest BCUT2D eigenvalue weighted by Crippen LogP contribution is 2.45. The third-order valence-electron chi connectivity index (χ3n) is 5.83. The number of nitrogens with one attached hydrogen (secondary N) is 1. The monoisotopic (exact) mass is 361 g/mol. The normalized spacial score (nSPS) is 27.1. The largest absolute Gasteiger partial charge is 0.478 e. The fraction of sp³-hybridized carbons (Fsp3) is 0.667. The van der Waals surface area contributed by atoms with E-state index in [2.05, 4.69) is 12.4 Å². The minimum atomic E-state index is -0.872. The molecule has 2 bridgehead atoms. The molecule has 2 N–H and O–H groups in total. The Labute approximate surface area is 156 Å². The maximum absolute atomic E-state index is 11.0. The van der Waals surface area contributed by atoms with Crippen LogP contribution in [0.4, 0.5) is 0 Å². The highest BCUT2D eigenvalue weighted by Gasteiger charge is 2.48. The van der Waals surface area contributed by atoms with Crippen molar-refractivity contribution < 1.29 is 19.5 Å². The molecule has 2 saturated heterocycles. The van der Waals surface area contributed by atoms with E-state index >= 15 is 0 Å². The molecule has 0 aromatic heterocycles. The number of hydrogen-bond acceptors (Lipinski definition) is 4. The lowest BCUT2D eigenvalue weighted by molar-refractivity contribution is 0.0178. The molecule has 0 aliphatic carbocycles. The van der Waals surface area contributed by atoms with Gasteiger partial charge in [0.2, 0.25) is 0 Å². The van der Waals surface area contributed by atoms with Crippen LogP contribution >= 0.6 is 0 Å². The van der Waals surface area contributed by atoms with Crippen LogP contribution < -0.4 is 5.48 Å². The number of ether oxygens (including phenoxy) is 1. The molecule has 2 aliphatic heterocycles. The van der Waals surface area contributed by atoms with Crippen LogP contribution in [-0.2, 0) is 16.0 Å². The Morgan fingerprint density at radius 3 is 2.62 bits per heavy atom. The summed E-state index contributed by atoms with van der Waals surface area (Å²) in [6.07, 6.45) is 8.64. The number of hydrogen-bond donors (Lipinski definition) is 2. The van der Waals surface area contributed by atoms with Gasteiger partial charge in [-0.25, -0.2) is 10.3 Å². The summed E-state index contributed by atoms with van der Waals surface area (Å²) in [5.41, 5.74) is 4.72. The highest BCUT2D eigenvalue weighted by molar-refractivity contribution is 5.87. The maximum atomic E-state index is 11.0. The molecule has 1 aromatic rings. The van der Waals surface area contributed by atoms with E-state index in [-0.39, 0.29) is 0 Å². The van der Waals surface area contributed by atoms with E-state index in [9.17, 15) is 4.79 Å². The number of aromatic carboxylic acids is 1. The van der Waals surface area contributed by atoms with Gasteiger partial charge in [0.15, 0.2) is 0 Å². The van der Waals surface area contributed by atoms with Crippen LogP contribution in [-0.4, -0.2) is 36.4 Å². The lowest BCUT2D eigenvalue weighted by Gasteiger charge is -2.28. The van der Waals surface area contributed by atoms with Crippen molar-refractivity contribution in [1.82, 2.24) is 5.48 Å². The predicted molar refractivity (Wildman–Crippen MR) is 100 cm³/mol. The van der Waals surface area contributed by atoms with Gasteiger partial charge in [0.25, 0.3) is 0 Å². The lowest BCUT2D eigenvalue weighted by atomic mass is 9.76.